The lowest BCUT2D eigenvalue weighted by Gasteiger charge is -2.24. The fourth-order valence-electron chi connectivity index (χ4n) is 2.12. The number of rotatable bonds is 8. The van der Waals surface area contributed by atoms with Crippen molar-refractivity contribution in [2.24, 2.45) is 5.92 Å². The molecule has 0 amide bonds. The van der Waals surface area contributed by atoms with Crippen LogP contribution in [0.15, 0.2) is 23.1 Å². The van der Waals surface area contributed by atoms with Gasteiger partial charge in [0.1, 0.15) is 5.82 Å². The molecule has 0 aliphatic carbocycles. The molecule has 0 aromatic heterocycles. The van der Waals surface area contributed by atoms with Crippen LogP contribution in [0, 0.1) is 11.7 Å². The van der Waals surface area contributed by atoms with Gasteiger partial charge in [0.05, 0.1) is 4.90 Å². The number of nitrogens with zero attached hydrogens (tertiary/aromatic N) is 1. The largest absolute Gasteiger partial charge is 0.313 e. The van der Waals surface area contributed by atoms with Gasteiger partial charge >= 0.3 is 0 Å². The highest BCUT2D eigenvalue weighted by molar-refractivity contribution is 7.89. The zero-order chi connectivity index (χ0) is 16.0. The van der Waals surface area contributed by atoms with E-state index in [0.29, 0.717) is 25.2 Å². The number of sulfonamides is 1. The summed E-state index contributed by atoms with van der Waals surface area (Å²) in [5, 5.41) is 3.09. The van der Waals surface area contributed by atoms with E-state index < -0.39 is 15.8 Å². The van der Waals surface area contributed by atoms with Crippen LogP contribution in [0.25, 0.3) is 0 Å². The molecule has 0 heterocycles. The molecule has 0 bridgehead atoms. The molecule has 0 aliphatic rings. The van der Waals surface area contributed by atoms with Crippen molar-refractivity contribution >= 4 is 10.0 Å². The van der Waals surface area contributed by atoms with Crippen molar-refractivity contribution < 1.29 is 12.8 Å². The number of benzene rings is 1. The van der Waals surface area contributed by atoms with Gasteiger partial charge in [0, 0.05) is 19.6 Å². The highest BCUT2D eigenvalue weighted by Crippen LogP contribution is 2.22. The topological polar surface area (TPSA) is 49.4 Å². The average molecular weight is 316 g/mol. The van der Waals surface area contributed by atoms with Gasteiger partial charge in [-0.2, -0.15) is 4.31 Å². The summed E-state index contributed by atoms with van der Waals surface area (Å²) in [5.41, 5.74) is 0.598. The molecule has 0 atom stereocenters. The molecule has 0 radical (unpaired) electrons. The van der Waals surface area contributed by atoms with Crippen LogP contribution in [0.4, 0.5) is 4.39 Å². The molecule has 6 heteroatoms. The number of nitrogens with one attached hydrogen (secondary N) is 1. The van der Waals surface area contributed by atoms with Crippen LogP contribution in [0.5, 0.6) is 0 Å². The maximum Gasteiger partial charge on any atom is 0.243 e. The van der Waals surface area contributed by atoms with Gasteiger partial charge in [-0.25, -0.2) is 12.8 Å². The van der Waals surface area contributed by atoms with Crippen LogP contribution >= 0.6 is 0 Å². The second-order valence-electron chi connectivity index (χ2n) is 5.38. The molecule has 1 aromatic carbocycles. The predicted octanol–water partition coefficient (Wildman–Crippen LogP) is 2.60. The van der Waals surface area contributed by atoms with Gasteiger partial charge < -0.3 is 5.32 Å². The van der Waals surface area contributed by atoms with Gasteiger partial charge in [-0.05, 0) is 30.2 Å². The molecular formula is C15H25FN2O2S. The van der Waals surface area contributed by atoms with Crippen LogP contribution in [0.1, 0.15) is 33.3 Å². The van der Waals surface area contributed by atoms with Crippen molar-refractivity contribution in [2.75, 3.05) is 19.6 Å². The monoisotopic (exact) mass is 316 g/mol. The van der Waals surface area contributed by atoms with E-state index in [-0.39, 0.29) is 10.8 Å². The summed E-state index contributed by atoms with van der Waals surface area (Å²) in [6.45, 7) is 9.59. The van der Waals surface area contributed by atoms with Gasteiger partial charge in [-0.15, -0.1) is 0 Å². The second kappa shape index (κ2) is 7.87. The van der Waals surface area contributed by atoms with Crippen LogP contribution in [0.2, 0.25) is 0 Å². The van der Waals surface area contributed by atoms with Crippen molar-refractivity contribution in [1.29, 1.82) is 0 Å². The van der Waals surface area contributed by atoms with Crippen molar-refractivity contribution in [2.45, 2.75) is 39.1 Å². The Morgan fingerprint density at radius 1 is 1.29 bits per heavy atom. The molecule has 0 fully saturated rings. The minimum absolute atomic E-state index is 0.0611. The lowest BCUT2D eigenvalue weighted by Crippen LogP contribution is -2.35. The molecule has 0 aliphatic heterocycles. The second-order valence-corrected chi connectivity index (χ2v) is 7.29. The molecular weight excluding hydrogens is 291 g/mol. The minimum Gasteiger partial charge on any atom is -0.313 e. The first-order valence-corrected chi connectivity index (χ1v) is 8.76. The fraction of sp³-hybridized carbons (Fsp3) is 0.600. The summed E-state index contributed by atoms with van der Waals surface area (Å²) in [5.74, 6) is -0.320. The summed E-state index contributed by atoms with van der Waals surface area (Å²) in [6.07, 6.45) is 0. The summed E-state index contributed by atoms with van der Waals surface area (Å²) in [4.78, 5) is 0.0611. The molecule has 120 valence electrons. The summed E-state index contributed by atoms with van der Waals surface area (Å²) in [6, 6.07) is 3.95. The Labute approximate surface area is 127 Å². The van der Waals surface area contributed by atoms with E-state index in [0.717, 1.165) is 12.6 Å². The van der Waals surface area contributed by atoms with Crippen LogP contribution in [0.3, 0.4) is 0 Å². The summed E-state index contributed by atoms with van der Waals surface area (Å²) >= 11 is 0. The van der Waals surface area contributed by atoms with E-state index in [1.165, 1.54) is 16.4 Å². The Hall–Kier alpha value is -0.980. The molecule has 1 aromatic rings. The van der Waals surface area contributed by atoms with Crippen molar-refractivity contribution in [3.63, 3.8) is 0 Å². The molecule has 4 nitrogen and oxygen atoms in total. The third-order valence-corrected chi connectivity index (χ3v) is 5.16. The highest BCUT2D eigenvalue weighted by Gasteiger charge is 2.26. The molecule has 21 heavy (non-hydrogen) atoms. The van der Waals surface area contributed by atoms with Gasteiger partial charge in [-0.1, -0.05) is 33.8 Å². The number of hydrogen-bond donors (Lipinski definition) is 1. The average Bonchev–Trinajstić information content (AvgIpc) is 2.42. The van der Waals surface area contributed by atoms with Gasteiger partial charge in [0.25, 0.3) is 0 Å². The summed E-state index contributed by atoms with van der Waals surface area (Å²) < 4.78 is 40.5. The maximum absolute atomic E-state index is 13.5. The zero-order valence-corrected chi connectivity index (χ0v) is 14.0. The van der Waals surface area contributed by atoms with Crippen molar-refractivity contribution in [1.82, 2.24) is 9.62 Å². The lowest BCUT2D eigenvalue weighted by molar-refractivity contribution is 0.380. The van der Waals surface area contributed by atoms with E-state index in [1.54, 1.807) is 6.92 Å². The Morgan fingerprint density at radius 2 is 1.95 bits per heavy atom. The maximum atomic E-state index is 13.5. The van der Waals surface area contributed by atoms with E-state index in [4.69, 9.17) is 0 Å². The summed E-state index contributed by atoms with van der Waals surface area (Å²) in [7, 11) is -3.68. The van der Waals surface area contributed by atoms with Crippen LogP contribution < -0.4 is 5.32 Å². The Balaban J connectivity index is 3.24. The van der Waals surface area contributed by atoms with Gasteiger partial charge in [0.15, 0.2) is 0 Å². The van der Waals surface area contributed by atoms with Crippen molar-refractivity contribution in [3.05, 3.63) is 29.6 Å². The van der Waals surface area contributed by atoms with Crippen LogP contribution in [-0.4, -0.2) is 32.4 Å². The normalized spacial score (nSPS) is 12.3. The third-order valence-electron chi connectivity index (χ3n) is 3.13. The fourth-order valence-corrected chi connectivity index (χ4v) is 3.96. The van der Waals surface area contributed by atoms with E-state index in [2.05, 4.69) is 5.32 Å². The van der Waals surface area contributed by atoms with Crippen molar-refractivity contribution in [3.8, 4) is 0 Å². The van der Waals surface area contributed by atoms with E-state index >= 15 is 0 Å². The number of hydrogen-bond acceptors (Lipinski definition) is 3. The molecule has 1 rings (SSSR count). The standard InChI is InChI=1S/C15H25FN2O2S/c1-5-17-10-13-7-8-14(16)9-15(13)21(19,20)18(6-2)11-12(3)4/h7-9,12,17H,5-6,10-11H2,1-4H3. The minimum atomic E-state index is -3.68. The molecule has 0 unspecified atom stereocenters. The molecule has 0 saturated carbocycles. The first-order valence-electron chi connectivity index (χ1n) is 7.32. The Kier molecular flexibility index (Phi) is 6.77. The quantitative estimate of drug-likeness (QED) is 0.802. The van der Waals surface area contributed by atoms with Gasteiger partial charge in [-0.3, -0.25) is 0 Å². The highest BCUT2D eigenvalue weighted by atomic mass is 32.2. The molecule has 0 spiro atoms. The first-order chi connectivity index (χ1) is 9.82. The van der Waals surface area contributed by atoms with E-state index in [9.17, 15) is 12.8 Å². The Bertz CT molecular complexity index is 559. The molecule has 1 N–H and O–H groups in total. The predicted molar refractivity (Wildman–Crippen MR) is 83.1 cm³/mol. The van der Waals surface area contributed by atoms with E-state index in [1.807, 2.05) is 20.8 Å². The number of halogens is 1. The first kappa shape index (κ1) is 18.1. The SMILES string of the molecule is CCNCc1ccc(F)cc1S(=O)(=O)N(CC)CC(C)C. The van der Waals surface area contributed by atoms with Gasteiger partial charge in [0.2, 0.25) is 10.0 Å². The van der Waals surface area contributed by atoms with Crippen LogP contribution in [-0.2, 0) is 16.6 Å². The Morgan fingerprint density at radius 3 is 2.48 bits per heavy atom. The zero-order valence-electron chi connectivity index (χ0n) is 13.2. The third kappa shape index (κ3) is 4.76. The smallest absolute Gasteiger partial charge is 0.243 e. The molecule has 0 saturated heterocycles. The lowest BCUT2D eigenvalue weighted by atomic mass is 10.2.